The zero-order chi connectivity index (χ0) is 22.4. The van der Waals surface area contributed by atoms with Crippen LogP contribution in [0.4, 0.5) is 5.82 Å². The van der Waals surface area contributed by atoms with E-state index >= 15 is 0 Å². The van der Waals surface area contributed by atoms with Crippen molar-refractivity contribution in [1.29, 1.82) is 10.7 Å². The number of benzene rings is 1. The van der Waals surface area contributed by atoms with Gasteiger partial charge in [0.05, 0.1) is 18.8 Å². The second kappa shape index (κ2) is 9.84. The lowest BCUT2D eigenvalue weighted by atomic mass is 9.95. The van der Waals surface area contributed by atoms with Crippen LogP contribution in [0.2, 0.25) is 0 Å². The number of nitrogens with one attached hydrogen (secondary N) is 3. The van der Waals surface area contributed by atoms with Gasteiger partial charge in [-0.25, -0.2) is 4.79 Å². The van der Waals surface area contributed by atoms with E-state index in [1.165, 1.54) is 13.3 Å². The van der Waals surface area contributed by atoms with Crippen LogP contribution in [0.1, 0.15) is 38.7 Å². The van der Waals surface area contributed by atoms with Gasteiger partial charge in [0.15, 0.2) is 0 Å². The van der Waals surface area contributed by atoms with E-state index in [0.29, 0.717) is 29.1 Å². The number of carbonyl (C=O) groups is 1. The average molecular weight is 421 g/mol. The second-order valence-electron chi connectivity index (χ2n) is 6.90. The zero-order valence-electron chi connectivity index (χ0n) is 17.2. The van der Waals surface area contributed by atoms with Crippen molar-refractivity contribution >= 4 is 18.0 Å². The lowest BCUT2D eigenvalue weighted by Crippen LogP contribution is -2.25. The van der Waals surface area contributed by atoms with Gasteiger partial charge in [0.1, 0.15) is 24.1 Å². The van der Waals surface area contributed by atoms with E-state index in [-0.39, 0.29) is 25.0 Å². The fourth-order valence-electron chi connectivity index (χ4n) is 3.26. The number of carbonyl (C=O) groups excluding carboxylic acids is 1. The van der Waals surface area contributed by atoms with Crippen LogP contribution in [0.3, 0.4) is 0 Å². The molecule has 1 atom stereocenters. The summed E-state index contributed by atoms with van der Waals surface area (Å²) in [6.07, 6.45) is 2.03. The molecule has 0 saturated heterocycles. The first kappa shape index (κ1) is 22.0. The van der Waals surface area contributed by atoms with E-state index in [0.717, 1.165) is 16.7 Å². The highest BCUT2D eigenvalue weighted by molar-refractivity contribution is 5.94. The van der Waals surface area contributed by atoms with E-state index in [2.05, 4.69) is 15.6 Å². The molecule has 0 radical (unpaired) electrons. The third kappa shape index (κ3) is 4.88. The Kier molecular flexibility index (Phi) is 6.97. The Morgan fingerprint density at radius 2 is 2.26 bits per heavy atom. The predicted molar refractivity (Wildman–Crippen MR) is 114 cm³/mol. The first-order valence-corrected chi connectivity index (χ1v) is 9.58. The second-order valence-corrected chi connectivity index (χ2v) is 6.90. The van der Waals surface area contributed by atoms with Crippen molar-refractivity contribution in [2.75, 3.05) is 25.5 Å². The number of pyridine rings is 1. The molecule has 9 nitrogen and oxygen atoms in total. The fourth-order valence-corrected chi connectivity index (χ4v) is 3.26. The summed E-state index contributed by atoms with van der Waals surface area (Å²) in [5, 5.41) is 33.3. The van der Waals surface area contributed by atoms with E-state index in [1.54, 1.807) is 30.5 Å². The summed E-state index contributed by atoms with van der Waals surface area (Å²) in [5.41, 5.74) is 3.91. The van der Waals surface area contributed by atoms with Crippen LogP contribution in [-0.4, -0.2) is 42.5 Å². The van der Waals surface area contributed by atoms with Crippen molar-refractivity contribution in [2.45, 2.75) is 19.6 Å². The molecule has 0 fully saturated rings. The largest absolute Gasteiger partial charge is 0.480 e. The topological polar surface area (TPSA) is 140 Å². The van der Waals surface area contributed by atoms with Crippen molar-refractivity contribution in [3.63, 3.8) is 0 Å². The minimum Gasteiger partial charge on any atom is -0.480 e. The van der Waals surface area contributed by atoms with Crippen molar-refractivity contribution < 1.29 is 19.4 Å². The molecule has 31 heavy (non-hydrogen) atoms. The van der Waals surface area contributed by atoms with Crippen molar-refractivity contribution in [3.8, 4) is 11.9 Å². The Hall–Kier alpha value is -3.74. The molecule has 0 unspecified atom stereocenters. The molecule has 2 aromatic rings. The molecule has 3 rings (SSSR count). The monoisotopic (exact) mass is 421 g/mol. The minimum absolute atomic E-state index is 0.218. The van der Waals surface area contributed by atoms with Crippen molar-refractivity contribution in [2.24, 2.45) is 0 Å². The number of nitrogens with zero attached hydrogens (tertiary/aromatic N) is 2. The van der Waals surface area contributed by atoms with Crippen molar-refractivity contribution in [3.05, 3.63) is 63.9 Å². The molecule has 1 aromatic carbocycles. The quantitative estimate of drug-likeness (QED) is 0.357. The summed E-state index contributed by atoms with van der Waals surface area (Å²) in [6, 6.07) is 8.66. The standard InChI is InChI=1S/C22H23N5O4/c1-13-16(4-5-17-18(13)12-31-22(17)29)19(28)11-25-9-14(7-23)10-26-20-6-3-15(8-24)21(27-20)30-2/h3-7,10,19,23,25,28H,9,11-12H2,1-2H3,(H,26,27)/b14-10+,23-7?/t19-/m0/s1. The third-order valence-corrected chi connectivity index (χ3v) is 5.00. The maximum atomic E-state index is 11.7. The molecular weight excluding hydrogens is 398 g/mol. The van der Waals surface area contributed by atoms with Gasteiger partial charge in [-0.2, -0.15) is 10.2 Å². The van der Waals surface area contributed by atoms with Crippen LogP contribution in [0.5, 0.6) is 5.88 Å². The number of ether oxygens (including phenoxy) is 2. The van der Waals surface area contributed by atoms with Gasteiger partial charge in [0, 0.05) is 31.1 Å². The lowest BCUT2D eigenvalue weighted by Gasteiger charge is -2.16. The molecule has 160 valence electrons. The molecule has 0 amide bonds. The van der Waals surface area contributed by atoms with E-state index in [9.17, 15) is 9.90 Å². The summed E-state index contributed by atoms with van der Waals surface area (Å²) >= 11 is 0. The lowest BCUT2D eigenvalue weighted by molar-refractivity contribution is 0.0535. The molecule has 1 aliphatic rings. The highest BCUT2D eigenvalue weighted by Gasteiger charge is 2.25. The molecule has 1 aliphatic heterocycles. The number of hydrogen-bond acceptors (Lipinski definition) is 9. The number of cyclic esters (lactones) is 1. The van der Waals surface area contributed by atoms with Gasteiger partial charge in [0.25, 0.3) is 0 Å². The Balaban J connectivity index is 1.58. The number of aliphatic hydroxyl groups is 1. The zero-order valence-corrected chi connectivity index (χ0v) is 17.2. The number of hydrogen-bond donors (Lipinski definition) is 4. The molecule has 0 spiro atoms. The number of aliphatic hydroxyl groups excluding tert-OH is 1. The predicted octanol–water partition coefficient (Wildman–Crippen LogP) is 2.21. The van der Waals surface area contributed by atoms with Gasteiger partial charge in [-0.05, 0) is 41.8 Å². The van der Waals surface area contributed by atoms with Crippen LogP contribution in [0, 0.1) is 23.7 Å². The maximum Gasteiger partial charge on any atom is 0.338 e. The van der Waals surface area contributed by atoms with E-state index in [4.69, 9.17) is 20.1 Å². The third-order valence-electron chi connectivity index (χ3n) is 5.00. The average Bonchev–Trinajstić information content (AvgIpc) is 3.17. The number of nitriles is 1. The number of rotatable bonds is 9. The molecule has 0 bridgehead atoms. The van der Waals surface area contributed by atoms with E-state index < -0.39 is 6.10 Å². The number of fused-ring (bicyclic) bond motifs is 1. The molecule has 0 aliphatic carbocycles. The molecule has 4 N–H and O–H groups in total. The summed E-state index contributed by atoms with van der Waals surface area (Å²) in [4.78, 5) is 15.8. The smallest absolute Gasteiger partial charge is 0.338 e. The van der Waals surface area contributed by atoms with Crippen molar-refractivity contribution in [1.82, 2.24) is 10.3 Å². The number of esters is 1. The van der Waals surface area contributed by atoms with Gasteiger partial charge >= 0.3 is 5.97 Å². The molecule has 2 heterocycles. The van der Waals surface area contributed by atoms with Gasteiger partial charge < -0.3 is 30.6 Å². The first-order chi connectivity index (χ1) is 15.0. The SMILES string of the molecule is COc1nc(N/C=C(\C=N)CNC[C@H](O)c2ccc3c(c2C)COC3=O)ccc1C#N. The Morgan fingerprint density at radius 1 is 1.45 bits per heavy atom. The maximum absolute atomic E-state index is 11.7. The van der Waals surface area contributed by atoms with Crippen LogP contribution in [-0.2, 0) is 11.3 Å². The highest BCUT2D eigenvalue weighted by atomic mass is 16.5. The van der Waals surface area contributed by atoms with Gasteiger partial charge in [-0.15, -0.1) is 0 Å². The highest BCUT2D eigenvalue weighted by Crippen LogP contribution is 2.28. The molecule has 1 aromatic heterocycles. The Morgan fingerprint density at radius 3 is 2.97 bits per heavy atom. The number of aromatic nitrogens is 1. The summed E-state index contributed by atoms with van der Waals surface area (Å²) in [7, 11) is 1.44. The molecular formula is C22H23N5O4. The normalized spacial score (nSPS) is 13.7. The first-order valence-electron chi connectivity index (χ1n) is 9.58. The summed E-state index contributed by atoms with van der Waals surface area (Å²) < 4.78 is 10.1. The van der Waals surface area contributed by atoms with Crippen LogP contribution in [0.25, 0.3) is 0 Å². The van der Waals surface area contributed by atoms with Gasteiger partial charge in [0.2, 0.25) is 5.88 Å². The number of methoxy groups -OCH3 is 1. The van der Waals surface area contributed by atoms with Gasteiger partial charge in [-0.1, -0.05) is 6.07 Å². The molecule has 0 saturated carbocycles. The number of anilines is 1. The van der Waals surface area contributed by atoms with Gasteiger partial charge in [-0.3, -0.25) is 0 Å². The Bertz CT molecular complexity index is 1070. The Labute approximate surface area is 179 Å². The van der Waals surface area contributed by atoms with E-state index in [1.807, 2.05) is 13.0 Å². The van der Waals surface area contributed by atoms with Crippen LogP contribution < -0.4 is 15.4 Å². The minimum atomic E-state index is -0.773. The fraction of sp³-hybridized carbons (Fsp3) is 0.273. The van der Waals surface area contributed by atoms with Crippen LogP contribution >= 0.6 is 0 Å². The summed E-state index contributed by atoms with van der Waals surface area (Å²) in [6.45, 7) is 2.70. The van der Waals surface area contributed by atoms with Crippen LogP contribution in [0.15, 0.2) is 36.0 Å². The summed E-state index contributed by atoms with van der Waals surface area (Å²) in [5.74, 6) is 0.357. The molecule has 9 heteroatoms.